The number of carbonyl (C=O) groups is 1. The number of rotatable bonds is 2. The van der Waals surface area contributed by atoms with Gasteiger partial charge in [0.15, 0.2) is 0 Å². The summed E-state index contributed by atoms with van der Waals surface area (Å²) in [6.45, 7) is 2.07. The lowest BCUT2D eigenvalue weighted by Crippen LogP contribution is -2.37. The normalized spacial score (nSPS) is 19.2. The van der Waals surface area contributed by atoms with Crippen molar-refractivity contribution in [2.45, 2.75) is 25.3 Å². The third-order valence-corrected chi connectivity index (χ3v) is 3.98. The van der Waals surface area contributed by atoms with E-state index in [-0.39, 0.29) is 18.3 Å². The van der Waals surface area contributed by atoms with Gasteiger partial charge in [-0.1, -0.05) is 22.0 Å². The van der Waals surface area contributed by atoms with E-state index in [4.69, 9.17) is 0 Å². The summed E-state index contributed by atoms with van der Waals surface area (Å²) in [5.74, 6) is 0.114. The molecule has 1 unspecified atom stereocenters. The fourth-order valence-corrected chi connectivity index (χ4v) is 2.78. The van der Waals surface area contributed by atoms with E-state index >= 15 is 0 Å². The summed E-state index contributed by atoms with van der Waals surface area (Å²) in [5.41, 5.74) is 0.754. The molecule has 1 amide bonds. The summed E-state index contributed by atoms with van der Waals surface area (Å²) in [6.07, 6.45) is 3.26. The van der Waals surface area contributed by atoms with Crippen LogP contribution in [0.15, 0.2) is 28.7 Å². The van der Waals surface area contributed by atoms with Crippen LogP contribution in [0.1, 0.15) is 29.6 Å². The zero-order valence-electron chi connectivity index (χ0n) is 11.1. The van der Waals surface area contributed by atoms with Crippen LogP contribution in [-0.4, -0.2) is 37.0 Å². The van der Waals surface area contributed by atoms with Gasteiger partial charge in [0, 0.05) is 23.1 Å². The van der Waals surface area contributed by atoms with Crippen molar-refractivity contribution >= 4 is 34.2 Å². The second kappa shape index (κ2) is 7.88. The Hall–Kier alpha value is -0.580. The van der Waals surface area contributed by atoms with Gasteiger partial charge in [-0.05, 0) is 50.6 Å². The van der Waals surface area contributed by atoms with Crippen LogP contribution in [0, 0.1) is 0 Å². The SMILES string of the molecule is CN(C(=O)c1cccc(Br)c1)C1CCCNCC1.Cl. The first-order valence-electron chi connectivity index (χ1n) is 6.42. The van der Waals surface area contributed by atoms with Crippen LogP contribution in [0.2, 0.25) is 0 Å². The summed E-state index contributed by atoms with van der Waals surface area (Å²) in [6, 6.07) is 7.95. The van der Waals surface area contributed by atoms with Crippen molar-refractivity contribution in [3.05, 3.63) is 34.3 Å². The lowest BCUT2D eigenvalue weighted by Gasteiger charge is -2.27. The number of carbonyl (C=O) groups excluding carboxylic acids is 1. The lowest BCUT2D eigenvalue weighted by atomic mass is 10.1. The zero-order chi connectivity index (χ0) is 13.0. The van der Waals surface area contributed by atoms with Gasteiger partial charge in [-0.2, -0.15) is 0 Å². The quantitative estimate of drug-likeness (QED) is 0.891. The predicted octanol–water partition coefficient (Wildman–Crippen LogP) is 3.09. The van der Waals surface area contributed by atoms with Crippen LogP contribution in [0.5, 0.6) is 0 Å². The number of nitrogens with zero attached hydrogens (tertiary/aromatic N) is 1. The van der Waals surface area contributed by atoms with Crippen LogP contribution in [0.4, 0.5) is 0 Å². The number of hydrogen-bond donors (Lipinski definition) is 1. The van der Waals surface area contributed by atoms with Gasteiger partial charge < -0.3 is 10.2 Å². The molecule has 1 aromatic carbocycles. The first-order valence-corrected chi connectivity index (χ1v) is 7.21. The Kier molecular flexibility index (Phi) is 6.83. The molecule has 106 valence electrons. The number of benzene rings is 1. The Morgan fingerprint density at radius 2 is 2.16 bits per heavy atom. The molecule has 1 heterocycles. The van der Waals surface area contributed by atoms with Crippen molar-refractivity contribution in [3.8, 4) is 0 Å². The molecule has 1 saturated heterocycles. The minimum absolute atomic E-state index is 0. The van der Waals surface area contributed by atoms with Gasteiger partial charge in [0.2, 0.25) is 0 Å². The molecule has 1 aliphatic heterocycles. The van der Waals surface area contributed by atoms with Crippen molar-refractivity contribution in [2.24, 2.45) is 0 Å². The number of amides is 1. The molecule has 1 atom stereocenters. The van der Waals surface area contributed by atoms with E-state index in [0.717, 1.165) is 42.4 Å². The first kappa shape index (κ1) is 16.5. The van der Waals surface area contributed by atoms with Crippen molar-refractivity contribution in [1.29, 1.82) is 0 Å². The van der Waals surface area contributed by atoms with E-state index in [1.165, 1.54) is 0 Å². The molecule has 1 aliphatic rings. The van der Waals surface area contributed by atoms with E-state index in [1.807, 2.05) is 36.2 Å². The van der Waals surface area contributed by atoms with Crippen molar-refractivity contribution in [1.82, 2.24) is 10.2 Å². The number of halogens is 2. The molecule has 0 spiro atoms. The average molecular weight is 348 g/mol. The fraction of sp³-hybridized carbons (Fsp3) is 0.500. The molecule has 1 N–H and O–H groups in total. The minimum atomic E-state index is 0. The maximum Gasteiger partial charge on any atom is 0.253 e. The van der Waals surface area contributed by atoms with Gasteiger partial charge >= 0.3 is 0 Å². The van der Waals surface area contributed by atoms with E-state index in [0.29, 0.717) is 6.04 Å². The van der Waals surface area contributed by atoms with Crippen molar-refractivity contribution < 1.29 is 4.79 Å². The molecule has 2 rings (SSSR count). The van der Waals surface area contributed by atoms with Crippen molar-refractivity contribution in [3.63, 3.8) is 0 Å². The molecular formula is C14H20BrClN2O. The minimum Gasteiger partial charge on any atom is -0.339 e. The molecular weight excluding hydrogens is 328 g/mol. The monoisotopic (exact) mass is 346 g/mol. The summed E-state index contributed by atoms with van der Waals surface area (Å²) in [5, 5.41) is 3.37. The lowest BCUT2D eigenvalue weighted by molar-refractivity contribution is 0.0720. The third kappa shape index (κ3) is 4.48. The number of nitrogens with one attached hydrogen (secondary N) is 1. The highest BCUT2D eigenvalue weighted by atomic mass is 79.9. The topological polar surface area (TPSA) is 32.3 Å². The third-order valence-electron chi connectivity index (χ3n) is 3.48. The molecule has 0 bridgehead atoms. The van der Waals surface area contributed by atoms with Crippen LogP contribution in [0.3, 0.4) is 0 Å². The van der Waals surface area contributed by atoms with E-state index in [1.54, 1.807) is 0 Å². The van der Waals surface area contributed by atoms with Gasteiger partial charge in [0.25, 0.3) is 5.91 Å². The molecule has 3 nitrogen and oxygen atoms in total. The Bertz CT molecular complexity index is 420. The molecule has 5 heteroatoms. The number of hydrogen-bond acceptors (Lipinski definition) is 2. The molecule has 0 aromatic heterocycles. The van der Waals surface area contributed by atoms with Gasteiger partial charge in [0.1, 0.15) is 0 Å². The maximum absolute atomic E-state index is 12.4. The van der Waals surface area contributed by atoms with Crippen LogP contribution < -0.4 is 5.32 Å². The van der Waals surface area contributed by atoms with E-state index in [9.17, 15) is 4.79 Å². The predicted molar refractivity (Wildman–Crippen MR) is 84.0 cm³/mol. The van der Waals surface area contributed by atoms with Gasteiger partial charge in [-0.3, -0.25) is 4.79 Å². The molecule has 0 saturated carbocycles. The molecule has 1 fully saturated rings. The van der Waals surface area contributed by atoms with E-state index in [2.05, 4.69) is 21.2 Å². The Morgan fingerprint density at radius 1 is 1.37 bits per heavy atom. The summed E-state index contributed by atoms with van der Waals surface area (Å²) >= 11 is 3.41. The van der Waals surface area contributed by atoms with Crippen LogP contribution in [-0.2, 0) is 0 Å². The van der Waals surface area contributed by atoms with Crippen LogP contribution in [0.25, 0.3) is 0 Å². The summed E-state index contributed by atoms with van der Waals surface area (Å²) < 4.78 is 0.948. The Balaban J connectivity index is 0.00000180. The average Bonchev–Trinajstić information content (AvgIpc) is 2.66. The molecule has 0 aliphatic carbocycles. The maximum atomic E-state index is 12.4. The highest BCUT2D eigenvalue weighted by Crippen LogP contribution is 2.17. The molecule has 1 aromatic rings. The van der Waals surface area contributed by atoms with Gasteiger partial charge in [0.05, 0.1) is 0 Å². The first-order chi connectivity index (χ1) is 8.68. The van der Waals surface area contributed by atoms with Gasteiger partial charge in [-0.15, -0.1) is 12.4 Å². The smallest absolute Gasteiger partial charge is 0.253 e. The zero-order valence-corrected chi connectivity index (χ0v) is 13.5. The standard InChI is InChI=1S/C14H19BrN2O.ClH/c1-17(13-6-3-8-16-9-7-13)14(18)11-4-2-5-12(15)10-11;/h2,4-5,10,13,16H,3,6-9H2,1H3;1H. The van der Waals surface area contributed by atoms with Crippen LogP contribution >= 0.6 is 28.3 Å². The summed E-state index contributed by atoms with van der Waals surface area (Å²) in [7, 11) is 1.92. The van der Waals surface area contributed by atoms with Gasteiger partial charge in [-0.25, -0.2) is 0 Å². The summed E-state index contributed by atoms with van der Waals surface area (Å²) in [4.78, 5) is 14.3. The molecule has 19 heavy (non-hydrogen) atoms. The molecule has 0 radical (unpaired) electrons. The fourth-order valence-electron chi connectivity index (χ4n) is 2.38. The van der Waals surface area contributed by atoms with Crippen molar-refractivity contribution in [2.75, 3.05) is 20.1 Å². The second-order valence-corrected chi connectivity index (χ2v) is 5.68. The Labute approximate surface area is 129 Å². The highest BCUT2D eigenvalue weighted by Gasteiger charge is 2.21. The Morgan fingerprint density at radius 3 is 2.89 bits per heavy atom. The van der Waals surface area contributed by atoms with E-state index < -0.39 is 0 Å². The highest BCUT2D eigenvalue weighted by molar-refractivity contribution is 9.10. The largest absolute Gasteiger partial charge is 0.339 e. The second-order valence-electron chi connectivity index (χ2n) is 4.76.